The molecule has 0 aromatic heterocycles. The van der Waals surface area contributed by atoms with Gasteiger partial charge in [0, 0.05) is 33.7 Å². The fourth-order valence-corrected chi connectivity index (χ4v) is 10.3. The van der Waals surface area contributed by atoms with Gasteiger partial charge < -0.3 is 14.6 Å². The Balaban J connectivity index is 1.17. The number of aromatic hydroxyl groups is 1. The Morgan fingerprint density at radius 1 is 0.767 bits per heavy atom. The topological polar surface area (TPSA) is 143 Å². The predicted octanol–water partition coefficient (Wildman–Crippen LogP) is 8.14. The third-order valence-electron chi connectivity index (χ3n) is 12.6. The summed E-state index contributed by atoms with van der Waals surface area (Å²) in [6, 6.07) is 31.5. The van der Waals surface area contributed by atoms with Gasteiger partial charge in [-0.05, 0) is 85.0 Å². The van der Waals surface area contributed by atoms with Crippen LogP contribution in [0, 0.1) is 23.7 Å². The number of hydrogen-bond acceptors (Lipinski definition) is 9. The number of phenols is 1. The van der Waals surface area contributed by atoms with Crippen LogP contribution < -0.4 is 19.8 Å². The van der Waals surface area contributed by atoms with Gasteiger partial charge in [-0.1, -0.05) is 83.4 Å². The van der Waals surface area contributed by atoms with Crippen LogP contribution in [0.2, 0.25) is 10.0 Å². The van der Waals surface area contributed by atoms with E-state index in [1.54, 1.807) is 97.1 Å². The molecule has 0 bridgehead atoms. The first-order chi connectivity index (χ1) is 29.0. The fraction of sp³-hybridized carbons (Fsp3) is 0.213. The summed E-state index contributed by atoms with van der Waals surface area (Å²) < 4.78 is 10.9. The van der Waals surface area contributed by atoms with E-state index in [4.69, 9.17) is 32.7 Å². The van der Waals surface area contributed by atoms with Gasteiger partial charge in [-0.25, -0.2) is 0 Å². The van der Waals surface area contributed by atoms with Gasteiger partial charge in [0.25, 0.3) is 11.8 Å². The predicted molar refractivity (Wildman–Crippen MR) is 224 cm³/mol. The number of hydrogen-bond donors (Lipinski definition) is 2. The standard InChI is InChI=1S/C47H37Cl2N3O8/c1-59-30-15-10-27(11-16-30)47-36(44(56)52(46(47)58)50-38-21-12-28(48)22-37(38)49)24-35-32(41(47)33-18-17-31(60-2)23-39(33)53)19-20-34-40(35)45(57)51(43(34)55)29-13-8-26(9-14-29)42(54)25-6-4-3-5-7-25/h3-19,21-23,34-36,40-41,50,53H,20,24H2,1-2H3. The van der Waals surface area contributed by atoms with Crippen LogP contribution in [-0.4, -0.2) is 53.7 Å². The van der Waals surface area contributed by atoms with Gasteiger partial charge in [-0.15, -0.1) is 0 Å². The Morgan fingerprint density at radius 3 is 2.12 bits per heavy atom. The van der Waals surface area contributed by atoms with Crippen LogP contribution in [0.3, 0.4) is 0 Å². The van der Waals surface area contributed by atoms with Crippen LogP contribution in [0.15, 0.2) is 127 Å². The number of benzene rings is 5. The lowest BCUT2D eigenvalue weighted by molar-refractivity contribution is -0.138. The highest BCUT2D eigenvalue weighted by Gasteiger charge is 2.70. The Morgan fingerprint density at radius 2 is 1.45 bits per heavy atom. The molecule has 4 aliphatic rings. The number of halogens is 2. The molecule has 4 amide bonds. The molecule has 0 spiro atoms. The SMILES string of the molecule is COc1ccc(C23C(=O)N(Nc4ccc(Cl)cc4Cl)C(=O)C2CC2C(=CCC4C(=O)N(c5ccc(C(=O)c6ccccc6)cc5)C(=O)C42)C3c2ccc(OC)cc2O)cc1. The van der Waals surface area contributed by atoms with Crippen molar-refractivity contribution in [3.05, 3.63) is 159 Å². The quantitative estimate of drug-likeness (QED) is 0.0855. The van der Waals surface area contributed by atoms with Crippen molar-refractivity contribution in [2.24, 2.45) is 23.7 Å². The summed E-state index contributed by atoms with van der Waals surface area (Å²) in [6.07, 6.45) is 2.10. The van der Waals surface area contributed by atoms with Crippen molar-refractivity contribution in [1.29, 1.82) is 0 Å². The number of ether oxygens (including phenoxy) is 2. The number of nitrogens with one attached hydrogen (secondary N) is 1. The Kier molecular flexibility index (Phi) is 9.76. The molecule has 0 radical (unpaired) electrons. The zero-order valence-electron chi connectivity index (χ0n) is 32.3. The molecule has 13 heteroatoms. The number of carbonyl (C=O) groups excluding carboxylic acids is 5. The maximum absolute atomic E-state index is 15.5. The number of amides is 4. The highest BCUT2D eigenvalue weighted by atomic mass is 35.5. The van der Waals surface area contributed by atoms with Crippen LogP contribution in [0.4, 0.5) is 11.4 Å². The van der Waals surface area contributed by atoms with Crippen molar-refractivity contribution >= 4 is 64.0 Å². The van der Waals surface area contributed by atoms with Gasteiger partial charge in [0.2, 0.25) is 11.8 Å². The normalized spacial score (nSPS) is 24.4. The average molecular weight is 843 g/mol. The highest BCUT2D eigenvalue weighted by molar-refractivity contribution is 6.36. The Bertz CT molecular complexity index is 2630. The Labute approximate surface area is 355 Å². The van der Waals surface area contributed by atoms with E-state index in [1.165, 1.54) is 31.3 Å². The molecule has 2 aliphatic carbocycles. The second kappa shape index (κ2) is 15.0. The first kappa shape index (κ1) is 39.1. The fourth-order valence-electron chi connectivity index (χ4n) is 9.86. The number of methoxy groups -OCH3 is 2. The number of hydrazine groups is 1. The van der Waals surface area contributed by atoms with E-state index in [1.807, 2.05) is 12.1 Å². The summed E-state index contributed by atoms with van der Waals surface area (Å²) >= 11 is 12.8. The molecule has 302 valence electrons. The molecule has 11 nitrogen and oxygen atoms in total. The molecule has 1 saturated carbocycles. The van der Waals surface area contributed by atoms with E-state index in [2.05, 4.69) is 5.43 Å². The molecule has 2 saturated heterocycles. The lowest BCUT2D eigenvalue weighted by Crippen LogP contribution is -2.53. The third-order valence-corrected chi connectivity index (χ3v) is 13.1. The number of imide groups is 2. The van der Waals surface area contributed by atoms with E-state index in [0.717, 1.165) is 5.01 Å². The first-order valence-corrected chi connectivity index (χ1v) is 20.1. The largest absolute Gasteiger partial charge is 0.508 e. The minimum Gasteiger partial charge on any atom is -0.508 e. The molecule has 5 aromatic rings. The summed E-state index contributed by atoms with van der Waals surface area (Å²) in [4.78, 5) is 74.0. The monoisotopic (exact) mass is 841 g/mol. The summed E-state index contributed by atoms with van der Waals surface area (Å²) in [7, 11) is 2.99. The second-order valence-electron chi connectivity index (χ2n) is 15.4. The summed E-state index contributed by atoms with van der Waals surface area (Å²) in [5, 5.41) is 13.3. The van der Waals surface area contributed by atoms with Gasteiger partial charge in [-0.3, -0.25) is 34.3 Å². The zero-order valence-corrected chi connectivity index (χ0v) is 33.8. The van der Waals surface area contributed by atoms with Crippen LogP contribution in [0.25, 0.3) is 0 Å². The minimum atomic E-state index is -1.66. The molecule has 2 N–H and O–H groups in total. The van der Waals surface area contributed by atoms with Crippen molar-refractivity contribution in [2.75, 3.05) is 24.5 Å². The number of carbonyl (C=O) groups is 5. The van der Waals surface area contributed by atoms with Crippen molar-refractivity contribution in [3.63, 3.8) is 0 Å². The van der Waals surface area contributed by atoms with Gasteiger partial charge in [0.05, 0.1) is 53.8 Å². The summed E-state index contributed by atoms with van der Waals surface area (Å²) in [5.41, 5.74) is 4.28. The summed E-state index contributed by atoms with van der Waals surface area (Å²) in [6.45, 7) is 0. The Hall–Kier alpha value is -6.43. The molecular weight excluding hydrogens is 805 g/mol. The van der Waals surface area contributed by atoms with Crippen molar-refractivity contribution < 1.29 is 38.6 Å². The molecule has 2 aliphatic heterocycles. The molecule has 5 aromatic carbocycles. The van der Waals surface area contributed by atoms with Crippen molar-refractivity contribution in [1.82, 2.24) is 5.01 Å². The average Bonchev–Trinajstić information content (AvgIpc) is 3.65. The van der Waals surface area contributed by atoms with Gasteiger partial charge >= 0.3 is 0 Å². The number of phenolic OH excluding ortho intramolecular Hbond substituents is 1. The molecule has 3 fully saturated rings. The third kappa shape index (κ3) is 5.97. The van der Waals surface area contributed by atoms with Crippen molar-refractivity contribution in [3.8, 4) is 17.2 Å². The number of rotatable bonds is 9. The van der Waals surface area contributed by atoms with Crippen LogP contribution >= 0.6 is 23.2 Å². The van der Waals surface area contributed by atoms with Crippen LogP contribution in [0.1, 0.15) is 45.8 Å². The van der Waals surface area contributed by atoms with E-state index in [-0.39, 0.29) is 35.1 Å². The van der Waals surface area contributed by atoms with Crippen LogP contribution in [-0.2, 0) is 24.6 Å². The van der Waals surface area contributed by atoms with Crippen LogP contribution in [0.5, 0.6) is 17.2 Å². The number of ketones is 1. The van der Waals surface area contributed by atoms with E-state index in [0.29, 0.717) is 50.0 Å². The smallest absolute Gasteiger partial charge is 0.260 e. The zero-order chi connectivity index (χ0) is 42.0. The molecular formula is C47H37Cl2N3O8. The van der Waals surface area contributed by atoms with Crippen molar-refractivity contribution in [2.45, 2.75) is 24.2 Å². The number of fused-ring (bicyclic) bond motifs is 4. The lowest BCUT2D eigenvalue weighted by Gasteiger charge is -2.50. The van der Waals surface area contributed by atoms with Gasteiger partial charge in [0.15, 0.2) is 5.78 Å². The van der Waals surface area contributed by atoms with E-state index < -0.39 is 58.6 Å². The maximum Gasteiger partial charge on any atom is 0.260 e. The van der Waals surface area contributed by atoms with Gasteiger partial charge in [-0.2, -0.15) is 5.01 Å². The van der Waals surface area contributed by atoms with Gasteiger partial charge in [0.1, 0.15) is 17.2 Å². The second-order valence-corrected chi connectivity index (χ2v) is 16.2. The molecule has 6 unspecified atom stereocenters. The first-order valence-electron chi connectivity index (χ1n) is 19.4. The summed E-state index contributed by atoms with van der Waals surface area (Å²) in [5.74, 6) is -5.93. The molecule has 60 heavy (non-hydrogen) atoms. The molecule has 2 heterocycles. The highest BCUT2D eigenvalue weighted by Crippen LogP contribution is 2.65. The maximum atomic E-state index is 15.5. The van der Waals surface area contributed by atoms with E-state index in [9.17, 15) is 19.5 Å². The molecule has 6 atom stereocenters. The minimum absolute atomic E-state index is 0.0287. The number of anilines is 2. The number of allylic oxidation sites excluding steroid dienone is 2. The van der Waals surface area contributed by atoms with E-state index >= 15 is 9.59 Å². The molecule has 9 rings (SSSR count). The number of nitrogens with zero attached hydrogens (tertiary/aromatic N) is 2. The lowest BCUT2D eigenvalue weighted by atomic mass is 9.49.